The van der Waals surface area contributed by atoms with Crippen LogP contribution in [0.4, 0.5) is 0 Å². The molecule has 0 heterocycles. The van der Waals surface area contributed by atoms with Gasteiger partial charge in [0.15, 0.2) is 6.61 Å². The average molecular weight is 481 g/mol. The maximum atomic E-state index is 12.1. The third kappa shape index (κ3) is 4.62. The Bertz CT molecular complexity index is 1000. The number of allylic oxidation sites excluding steroid dienone is 2. The van der Waals surface area contributed by atoms with Crippen molar-refractivity contribution in [2.24, 2.45) is 33.7 Å². The van der Waals surface area contributed by atoms with Crippen molar-refractivity contribution < 1.29 is 19.8 Å². The summed E-state index contributed by atoms with van der Waals surface area (Å²) in [6.07, 6.45) is 11.7. The number of aliphatic hydroxyl groups excluding tert-OH is 1. The van der Waals surface area contributed by atoms with Crippen molar-refractivity contribution in [1.82, 2.24) is 5.32 Å². The van der Waals surface area contributed by atoms with E-state index in [1.54, 1.807) is 12.1 Å². The van der Waals surface area contributed by atoms with Gasteiger partial charge in [-0.2, -0.15) is 0 Å². The smallest absolute Gasteiger partial charge is 0.260 e. The Kier molecular flexibility index (Phi) is 6.69. The first-order valence-corrected chi connectivity index (χ1v) is 13.4. The molecule has 6 heteroatoms. The molecular formula is C29H40N2O4. The number of oxime groups is 1. The Balaban J connectivity index is 1.14. The van der Waals surface area contributed by atoms with Crippen LogP contribution in [0.1, 0.15) is 70.8 Å². The zero-order valence-corrected chi connectivity index (χ0v) is 21.1. The monoisotopic (exact) mass is 480 g/mol. The molecule has 3 saturated carbocycles. The molecule has 0 unspecified atom stereocenters. The minimum atomic E-state index is -0.175. The van der Waals surface area contributed by atoms with E-state index < -0.39 is 0 Å². The molecule has 0 bridgehead atoms. The molecule has 0 aliphatic heterocycles. The summed E-state index contributed by atoms with van der Waals surface area (Å²) < 4.78 is 0. The molecule has 3 fully saturated rings. The first-order chi connectivity index (χ1) is 16.8. The number of carbonyl (C=O) groups is 1. The third-order valence-corrected chi connectivity index (χ3v) is 9.98. The Labute approximate surface area is 208 Å². The zero-order chi connectivity index (χ0) is 24.6. The van der Waals surface area contributed by atoms with Gasteiger partial charge in [0.1, 0.15) is 5.75 Å². The van der Waals surface area contributed by atoms with Gasteiger partial charge in [0.05, 0.1) is 11.8 Å². The van der Waals surface area contributed by atoms with Crippen LogP contribution >= 0.6 is 0 Å². The minimum Gasteiger partial charge on any atom is -0.508 e. The second-order valence-corrected chi connectivity index (χ2v) is 11.8. The van der Waals surface area contributed by atoms with Gasteiger partial charge in [-0.25, -0.2) is 0 Å². The van der Waals surface area contributed by atoms with E-state index in [9.17, 15) is 15.0 Å². The van der Waals surface area contributed by atoms with E-state index in [1.165, 1.54) is 24.8 Å². The Morgan fingerprint density at radius 3 is 2.69 bits per heavy atom. The first kappa shape index (κ1) is 24.4. The lowest BCUT2D eigenvalue weighted by molar-refractivity contribution is -0.125. The number of carbonyl (C=O) groups excluding carboxylic acids is 1. The standard InChI is InChI=1S/C29H40N2O4/c1-28-14-11-21(31-35-18-27(34)30-16-13-19-3-6-22(32)7-4-19)17-20(28)5-8-23-24-9-10-26(33)29(24,2)15-12-25(23)28/h3-4,6-7,17,23-26,32-33H,5,8-16,18H2,1-2H3,(H,30,34)/b31-21+/t23-,24+,25-,26+,28-,29+/m0/s1. The van der Waals surface area contributed by atoms with E-state index in [1.807, 2.05) is 12.1 Å². The summed E-state index contributed by atoms with van der Waals surface area (Å²) in [4.78, 5) is 17.6. The molecule has 1 aromatic carbocycles. The number of fused-ring (bicyclic) bond motifs is 5. The van der Waals surface area contributed by atoms with E-state index in [-0.39, 0.29) is 35.2 Å². The van der Waals surface area contributed by atoms with E-state index in [0.717, 1.165) is 49.3 Å². The van der Waals surface area contributed by atoms with E-state index in [2.05, 4.69) is 30.4 Å². The summed E-state index contributed by atoms with van der Waals surface area (Å²) >= 11 is 0. The summed E-state index contributed by atoms with van der Waals surface area (Å²) in [5.74, 6) is 2.17. The molecule has 0 aromatic heterocycles. The van der Waals surface area contributed by atoms with E-state index >= 15 is 0 Å². The number of rotatable bonds is 6. The lowest BCUT2D eigenvalue weighted by Crippen LogP contribution is -2.51. The summed E-state index contributed by atoms with van der Waals surface area (Å²) in [5, 5.41) is 27.2. The minimum absolute atomic E-state index is 0.0766. The summed E-state index contributed by atoms with van der Waals surface area (Å²) in [6.45, 7) is 5.24. The van der Waals surface area contributed by atoms with Crippen molar-refractivity contribution in [3.05, 3.63) is 41.5 Å². The van der Waals surface area contributed by atoms with Gasteiger partial charge in [0.2, 0.25) is 0 Å². The van der Waals surface area contributed by atoms with E-state index in [4.69, 9.17) is 4.84 Å². The number of aromatic hydroxyl groups is 1. The highest BCUT2D eigenvalue weighted by atomic mass is 16.6. The van der Waals surface area contributed by atoms with Gasteiger partial charge < -0.3 is 20.4 Å². The van der Waals surface area contributed by atoms with Crippen LogP contribution in [0.5, 0.6) is 5.75 Å². The van der Waals surface area contributed by atoms with Gasteiger partial charge in [-0.3, -0.25) is 4.79 Å². The number of phenols is 1. The van der Waals surface area contributed by atoms with Crippen molar-refractivity contribution in [3.63, 3.8) is 0 Å². The number of benzene rings is 1. The van der Waals surface area contributed by atoms with Crippen molar-refractivity contribution in [2.45, 2.75) is 77.7 Å². The highest BCUT2D eigenvalue weighted by Crippen LogP contribution is 2.65. The molecule has 190 valence electrons. The molecule has 0 spiro atoms. The molecule has 4 aliphatic carbocycles. The van der Waals surface area contributed by atoms with Gasteiger partial charge >= 0.3 is 0 Å². The van der Waals surface area contributed by atoms with Crippen LogP contribution in [0, 0.1) is 28.6 Å². The predicted molar refractivity (Wildman–Crippen MR) is 136 cm³/mol. The lowest BCUT2D eigenvalue weighted by atomic mass is 9.47. The molecule has 1 amide bonds. The first-order valence-electron chi connectivity index (χ1n) is 13.4. The number of hydrogen-bond acceptors (Lipinski definition) is 5. The Morgan fingerprint density at radius 2 is 1.89 bits per heavy atom. The third-order valence-electron chi connectivity index (χ3n) is 9.98. The molecule has 0 saturated heterocycles. The number of hydrogen-bond donors (Lipinski definition) is 3. The number of phenolic OH excluding ortho intramolecular Hbond substituents is 1. The number of nitrogens with zero attached hydrogens (tertiary/aromatic N) is 1. The van der Waals surface area contributed by atoms with E-state index in [0.29, 0.717) is 24.8 Å². The quantitative estimate of drug-likeness (QED) is 0.513. The Hall–Kier alpha value is -2.34. The second-order valence-electron chi connectivity index (χ2n) is 11.8. The molecule has 6 nitrogen and oxygen atoms in total. The topological polar surface area (TPSA) is 91.2 Å². The van der Waals surface area contributed by atoms with Crippen LogP contribution in [-0.2, 0) is 16.1 Å². The van der Waals surface area contributed by atoms with Gasteiger partial charge in [0, 0.05) is 6.54 Å². The number of amides is 1. The van der Waals surface area contributed by atoms with Gasteiger partial charge in [-0.1, -0.05) is 36.7 Å². The van der Waals surface area contributed by atoms with Crippen LogP contribution in [0.25, 0.3) is 0 Å². The molecule has 35 heavy (non-hydrogen) atoms. The van der Waals surface area contributed by atoms with Crippen LogP contribution in [-0.4, -0.2) is 41.1 Å². The Morgan fingerprint density at radius 1 is 1.09 bits per heavy atom. The second kappa shape index (κ2) is 9.61. The maximum Gasteiger partial charge on any atom is 0.260 e. The molecule has 0 radical (unpaired) electrons. The van der Waals surface area contributed by atoms with Crippen molar-refractivity contribution >= 4 is 11.6 Å². The molecule has 3 N–H and O–H groups in total. The van der Waals surface area contributed by atoms with Crippen LogP contribution in [0.3, 0.4) is 0 Å². The highest BCUT2D eigenvalue weighted by molar-refractivity contribution is 5.96. The molecule has 1 aromatic rings. The number of aliphatic hydroxyl groups is 1. The largest absolute Gasteiger partial charge is 0.508 e. The van der Waals surface area contributed by atoms with Crippen molar-refractivity contribution in [2.75, 3.05) is 13.2 Å². The summed E-state index contributed by atoms with van der Waals surface area (Å²) in [7, 11) is 0. The molecule has 6 atom stereocenters. The van der Waals surface area contributed by atoms with Gasteiger partial charge in [-0.15, -0.1) is 0 Å². The van der Waals surface area contributed by atoms with Crippen LogP contribution < -0.4 is 5.32 Å². The fourth-order valence-corrected chi connectivity index (χ4v) is 7.85. The number of nitrogens with one attached hydrogen (secondary N) is 1. The summed E-state index contributed by atoms with van der Waals surface area (Å²) in [6, 6.07) is 7.00. The lowest BCUT2D eigenvalue weighted by Gasteiger charge is -2.57. The van der Waals surface area contributed by atoms with Gasteiger partial charge in [0.25, 0.3) is 5.91 Å². The fourth-order valence-electron chi connectivity index (χ4n) is 7.85. The van der Waals surface area contributed by atoms with Gasteiger partial charge in [-0.05, 0) is 110 Å². The molecular weight excluding hydrogens is 440 g/mol. The molecule has 5 rings (SSSR count). The summed E-state index contributed by atoms with van der Waals surface area (Å²) in [5.41, 5.74) is 3.86. The van der Waals surface area contributed by atoms with Crippen LogP contribution in [0.15, 0.2) is 41.1 Å². The fraction of sp³-hybridized carbons (Fsp3) is 0.655. The molecule has 4 aliphatic rings. The van der Waals surface area contributed by atoms with Crippen molar-refractivity contribution in [3.8, 4) is 5.75 Å². The highest BCUT2D eigenvalue weighted by Gasteiger charge is 2.58. The van der Waals surface area contributed by atoms with Crippen LogP contribution in [0.2, 0.25) is 0 Å². The normalized spacial score (nSPS) is 37.1. The average Bonchev–Trinajstić information content (AvgIpc) is 3.15. The maximum absolute atomic E-state index is 12.1. The predicted octanol–water partition coefficient (Wildman–Crippen LogP) is 4.75. The zero-order valence-electron chi connectivity index (χ0n) is 21.1. The van der Waals surface area contributed by atoms with Crippen molar-refractivity contribution in [1.29, 1.82) is 0 Å². The SMILES string of the molecule is C[C@@]12CC[C@H]3[C@@H](CCC4=C/C(=N/OCC(=O)NCCc5ccc(O)cc5)CC[C@@]43C)[C@H]1CC[C@H]2O.